The van der Waals surface area contributed by atoms with Gasteiger partial charge in [-0.15, -0.1) is 0 Å². The molecule has 3 atom stereocenters. The molecule has 2 N–H and O–H groups in total. The Kier molecular flexibility index (Phi) is 5.17. The van der Waals surface area contributed by atoms with Crippen molar-refractivity contribution in [3.8, 4) is 0 Å². The molecule has 0 aromatic heterocycles. The molecular weight excluding hydrogens is 230 g/mol. The monoisotopic (exact) mass is 255 g/mol. The van der Waals surface area contributed by atoms with Crippen LogP contribution in [0.4, 0.5) is 0 Å². The van der Waals surface area contributed by atoms with Crippen LogP contribution in [0.25, 0.3) is 0 Å². The molecule has 3 unspecified atom stereocenters. The Morgan fingerprint density at radius 3 is 2.56 bits per heavy atom. The quantitative estimate of drug-likeness (QED) is 0.793. The highest BCUT2D eigenvalue weighted by Crippen LogP contribution is 2.30. The standard InChI is InChI=1S/C14H25NO3/c1-4-14(3,13(17)18)15-12(16)9-11-7-5-6-10(2)8-11/h10-11H,4-9H2,1-3H3,(H,15,16)(H,17,18). The second-order valence-corrected chi connectivity index (χ2v) is 5.88. The summed E-state index contributed by atoms with van der Waals surface area (Å²) in [5.74, 6) is 0.0217. The van der Waals surface area contributed by atoms with Crippen molar-refractivity contribution in [2.75, 3.05) is 0 Å². The van der Waals surface area contributed by atoms with E-state index < -0.39 is 11.5 Å². The number of hydrogen-bond acceptors (Lipinski definition) is 2. The molecule has 1 rings (SSSR count). The molecule has 0 saturated heterocycles. The van der Waals surface area contributed by atoms with Crippen molar-refractivity contribution in [3.63, 3.8) is 0 Å². The van der Waals surface area contributed by atoms with E-state index in [-0.39, 0.29) is 5.91 Å². The van der Waals surface area contributed by atoms with E-state index in [1.807, 2.05) is 0 Å². The van der Waals surface area contributed by atoms with Crippen LogP contribution in [0, 0.1) is 11.8 Å². The Morgan fingerprint density at radius 2 is 2.06 bits per heavy atom. The fourth-order valence-electron chi connectivity index (χ4n) is 2.66. The maximum atomic E-state index is 11.9. The lowest BCUT2D eigenvalue weighted by molar-refractivity contribution is -0.147. The third-order valence-electron chi connectivity index (χ3n) is 4.11. The fraction of sp³-hybridized carbons (Fsp3) is 0.857. The lowest BCUT2D eigenvalue weighted by Crippen LogP contribution is -2.52. The van der Waals surface area contributed by atoms with Gasteiger partial charge in [0.15, 0.2) is 0 Å². The van der Waals surface area contributed by atoms with Gasteiger partial charge in [-0.2, -0.15) is 0 Å². The van der Waals surface area contributed by atoms with Crippen LogP contribution in [0.5, 0.6) is 0 Å². The van der Waals surface area contributed by atoms with Gasteiger partial charge < -0.3 is 10.4 Å². The lowest BCUT2D eigenvalue weighted by atomic mass is 9.80. The molecule has 0 heterocycles. The number of carbonyl (C=O) groups is 2. The molecule has 0 aromatic carbocycles. The largest absolute Gasteiger partial charge is 0.480 e. The van der Waals surface area contributed by atoms with Crippen molar-refractivity contribution < 1.29 is 14.7 Å². The molecule has 1 amide bonds. The van der Waals surface area contributed by atoms with Crippen LogP contribution < -0.4 is 5.32 Å². The number of rotatable bonds is 5. The van der Waals surface area contributed by atoms with Gasteiger partial charge in [0.05, 0.1) is 0 Å². The number of carboxylic acid groups (broad SMARTS) is 1. The van der Waals surface area contributed by atoms with E-state index in [4.69, 9.17) is 5.11 Å². The zero-order chi connectivity index (χ0) is 13.8. The Hall–Kier alpha value is -1.06. The Balaban J connectivity index is 2.48. The predicted molar refractivity (Wildman–Crippen MR) is 70.2 cm³/mol. The van der Waals surface area contributed by atoms with Crippen LogP contribution in [0.1, 0.15) is 59.3 Å². The first-order valence-electron chi connectivity index (χ1n) is 6.91. The molecule has 0 radical (unpaired) electrons. The average Bonchev–Trinajstić information content (AvgIpc) is 2.28. The first-order chi connectivity index (χ1) is 8.37. The molecule has 1 fully saturated rings. The van der Waals surface area contributed by atoms with Gasteiger partial charge in [-0.05, 0) is 38.0 Å². The summed E-state index contributed by atoms with van der Waals surface area (Å²) in [5.41, 5.74) is -1.13. The van der Waals surface area contributed by atoms with Crippen LogP contribution in [-0.2, 0) is 9.59 Å². The van der Waals surface area contributed by atoms with Gasteiger partial charge in [-0.3, -0.25) is 4.79 Å². The summed E-state index contributed by atoms with van der Waals surface area (Å²) in [7, 11) is 0. The van der Waals surface area contributed by atoms with Crippen molar-refractivity contribution >= 4 is 11.9 Å². The van der Waals surface area contributed by atoms with E-state index in [1.54, 1.807) is 13.8 Å². The van der Waals surface area contributed by atoms with Crippen LogP contribution in [-0.4, -0.2) is 22.5 Å². The molecule has 0 spiro atoms. The number of carboxylic acids is 1. The predicted octanol–water partition coefficient (Wildman–Crippen LogP) is 2.57. The Morgan fingerprint density at radius 1 is 1.39 bits per heavy atom. The Labute approximate surface area is 109 Å². The lowest BCUT2D eigenvalue weighted by Gasteiger charge is -2.29. The maximum absolute atomic E-state index is 11.9. The second-order valence-electron chi connectivity index (χ2n) is 5.88. The molecule has 1 saturated carbocycles. The fourth-order valence-corrected chi connectivity index (χ4v) is 2.66. The van der Waals surface area contributed by atoms with E-state index in [1.165, 1.54) is 12.8 Å². The van der Waals surface area contributed by atoms with Gasteiger partial charge in [-0.25, -0.2) is 4.79 Å². The summed E-state index contributed by atoms with van der Waals surface area (Å²) in [4.78, 5) is 23.0. The first-order valence-corrected chi connectivity index (χ1v) is 6.91. The third kappa shape index (κ3) is 4.00. The summed E-state index contributed by atoms with van der Waals surface area (Å²) in [6, 6.07) is 0. The van der Waals surface area contributed by atoms with Gasteiger partial charge in [0, 0.05) is 6.42 Å². The topological polar surface area (TPSA) is 66.4 Å². The van der Waals surface area contributed by atoms with E-state index in [2.05, 4.69) is 12.2 Å². The van der Waals surface area contributed by atoms with E-state index in [9.17, 15) is 9.59 Å². The van der Waals surface area contributed by atoms with Crippen LogP contribution in [0.3, 0.4) is 0 Å². The minimum Gasteiger partial charge on any atom is -0.480 e. The molecule has 1 aliphatic rings. The zero-order valence-corrected chi connectivity index (χ0v) is 11.7. The van der Waals surface area contributed by atoms with Gasteiger partial charge in [-0.1, -0.05) is 26.7 Å². The smallest absolute Gasteiger partial charge is 0.329 e. The third-order valence-corrected chi connectivity index (χ3v) is 4.11. The van der Waals surface area contributed by atoms with E-state index in [0.717, 1.165) is 12.8 Å². The highest BCUT2D eigenvalue weighted by molar-refractivity contribution is 5.86. The van der Waals surface area contributed by atoms with Crippen molar-refractivity contribution in [1.29, 1.82) is 0 Å². The molecule has 18 heavy (non-hydrogen) atoms. The molecule has 104 valence electrons. The normalized spacial score (nSPS) is 27.3. The summed E-state index contributed by atoms with van der Waals surface area (Å²) in [6.07, 6.45) is 5.47. The van der Waals surface area contributed by atoms with Gasteiger partial charge >= 0.3 is 5.97 Å². The van der Waals surface area contributed by atoms with Crippen molar-refractivity contribution in [2.24, 2.45) is 11.8 Å². The van der Waals surface area contributed by atoms with Crippen LogP contribution in [0.15, 0.2) is 0 Å². The number of hydrogen-bond donors (Lipinski definition) is 2. The first kappa shape index (κ1) is 15.0. The molecule has 1 aliphatic carbocycles. The van der Waals surface area contributed by atoms with Gasteiger partial charge in [0.25, 0.3) is 0 Å². The minimum atomic E-state index is -1.13. The number of nitrogens with one attached hydrogen (secondary N) is 1. The van der Waals surface area contributed by atoms with Crippen molar-refractivity contribution in [1.82, 2.24) is 5.32 Å². The summed E-state index contributed by atoms with van der Waals surface area (Å²) < 4.78 is 0. The molecule has 4 heteroatoms. The number of aliphatic carboxylic acids is 1. The van der Waals surface area contributed by atoms with Crippen molar-refractivity contribution in [2.45, 2.75) is 64.8 Å². The molecular formula is C14H25NO3. The van der Waals surface area contributed by atoms with Gasteiger partial charge in [0.1, 0.15) is 5.54 Å². The SMILES string of the molecule is CCC(C)(NC(=O)CC1CCCC(C)C1)C(=O)O. The average molecular weight is 255 g/mol. The summed E-state index contributed by atoms with van der Waals surface area (Å²) >= 11 is 0. The van der Waals surface area contributed by atoms with Crippen LogP contribution in [0.2, 0.25) is 0 Å². The Bertz CT molecular complexity index is 316. The highest BCUT2D eigenvalue weighted by Gasteiger charge is 2.33. The molecule has 4 nitrogen and oxygen atoms in total. The molecule has 0 aliphatic heterocycles. The maximum Gasteiger partial charge on any atom is 0.329 e. The minimum absolute atomic E-state index is 0.124. The summed E-state index contributed by atoms with van der Waals surface area (Å²) in [6.45, 7) is 5.56. The molecule has 0 bridgehead atoms. The van der Waals surface area contributed by atoms with Crippen molar-refractivity contribution in [3.05, 3.63) is 0 Å². The van der Waals surface area contributed by atoms with E-state index in [0.29, 0.717) is 24.7 Å². The zero-order valence-electron chi connectivity index (χ0n) is 11.7. The highest BCUT2D eigenvalue weighted by atomic mass is 16.4. The number of amides is 1. The molecule has 0 aromatic rings. The second kappa shape index (κ2) is 6.21. The summed E-state index contributed by atoms with van der Waals surface area (Å²) in [5, 5.41) is 11.8. The number of carbonyl (C=O) groups excluding carboxylic acids is 1. The van der Waals surface area contributed by atoms with E-state index >= 15 is 0 Å². The van der Waals surface area contributed by atoms with Crippen LogP contribution >= 0.6 is 0 Å². The van der Waals surface area contributed by atoms with Gasteiger partial charge in [0.2, 0.25) is 5.91 Å².